The van der Waals surface area contributed by atoms with E-state index in [1.165, 1.54) is 289 Å². The van der Waals surface area contributed by atoms with Crippen LogP contribution in [0.2, 0.25) is 0 Å². The molecule has 0 bridgehead atoms. The number of allylic oxidation sites excluding steroid dienone is 6. The lowest BCUT2D eigenvalue weighted by Crippen LogP contribution is -2.65. The van der Waals surface area contributed by atoms with E-state index < -0.39 is 86.8 Å². The average Bonchev–Trinajstić information content (AvgIpc) is 0.801. The molecule has 12 unspecified atom stereocenters. The van der Waals surface area contributed by atoms with Gasteiger partial charge in [-0.1, -0.05) is 359 Å². The van der Waals surface area contributed by atoms with Gasteiger partial charge in [0.1, 0.15) is 48.8 Å². The second-order valence-electron chi connectivity index (χ2n) is 28.9. The molecule has 2 saturated heterocycles. The van der Waals surface area contributed by atoms with Crippen LogP contribution in [-0.4, -0.2) is 140 Å². The molecule has 0 aromatic carbocycles. The normalized spacial score (nSPS) is 22.5. The molecule has 2 heterocycles. The van der Waals surface area contributed by atoms with E-state index in [0.29, 0.717) is 12.8 Å². The summed E-state index contributed by atoms with van der Waals surface area (Å²) in [5, 5.41) is 87.9. The molecule has 2 fully saturated rings. The molecule has 0 radical (unpaired) electrons. The molecule has 0 aromatic heterocycles. The van der Waals surface area contributed by atoms with Gasteiger partial charge in [0.2, 0.25) is 5.91 Å². The van der Waals surface area contributed by atoms with Gasteiger partial charge in [-0.2, -0.15) is 0 Å². The predicted molar refractivity (Wildman–Crippen MR) is 392 cm³/mol. The quantitative estimate of drug-likeness (QED) is 0.0204. The van der Waals surface area contributed by atoms with Crippen molar-refractivity contribution in [2.24, 2.45) is 0 Å². The van der Waals surface area contributed by atoms with Crippen molar-refractivity contribution in [1.82, 2.24) is 5.32 Å². The van der Waals surface area contributed by atoms with Gasteiger partial charge in [0.25, 0.3) is 0 Å². The maximum Gasteiger partial charge on any atom is 0.220 e. The number of nitrogens with one attached hydrogen (secondary N) is 1. The first kappa shape index (κ1) is 89.3. The molecular formula is C81H153NO13. The highest BCUT2D eigenvalue weighted by atomic mass is 16.7. The van der Waals surface area contributed by atoms with Crippen molar-refractivity contribution in [3.8, 4) is 0 Å². The minimum atomic E-state index is -1.78. The van der Waals surface area contributed by atoms with Gasteiger partial charge >= 0.3 is 0 Å². The van der Waals surface area contributed by atoms with Crippen LogP contribution in [0.25, 0.3) is 0 Å². The summed E-state index contributed by atoms with van der Waals surface area (Å²) in [7, 11) is 0. The van der Waals surface area contributed by atoms with E-state index in [2.05, 4.69) is 55.6 Å². The summed E-state index contributed by atoms with van der Waals surface area (Å²) >= 11 is 0. The Bertz CT molecular complexity index is 1730. The number of rotatable bonds is 69. The van der Waals surface area contributed by atoms with Crippen LogP contribution in [0.1, 0.15) is 380 Å². The summed E-state index contributed by atoms with van der Waals surface area (Å²) in [5.41, 5.74) is 0. The first-order chi connectivity index (χ1) is 46.6. The van der Waals surface area contributed by atoms with Gasteiger partial charge in [-0.05, 0) is 51.4 Å². The summed E-state index contributed by atoms with van der Waals surface area (Å²) in [6.07, 6.45) is 69.0. The third kappa shape index (κ3) is 48.6. The largest absolute Gasteiger partial charge is 0.394 e. The summed E-state index contributed by atoms with van der Waals surface area (Å²) in [5.74, 6) is -0.201. The number of aliphatic hydroxyl groups excluding tert-OH is 8. The lowest BCUT2D eigenvalue weighted by molar-refractivity contribution is -0.359. The van der Waals surface area contributed by atoms with Crippen LogP contribution >= 0.6 is 0 Å². The van der Waals surface area contributed by atoms with Crippen LogP contribution in [0.5, 0.6) is 0 Å². The molecule has 14 nitrogen and oxygen atoms in total. The summed E-state index contributed by atoms with van der Waals surface area (Å²) < 4.78 is 23.0. The van der Waals surface area contributed by atoms with Crippen molar-refractivity contribution in [2.75, 3.05) is 19.8 Å². The Kier molecular flexibility index (Phi) is 61.6. The molecule has 0 saturated carbocycles. The molecule has 95 heavy (non-hydrogen) atoms. The monoisotopic (exact) mass is 1350 g/mol. The summed E-state index contributed by atoms with van der Waals surface area (Å²) in [6, 6.07) is -0.831. The fourth-order valence-corrected chi connectivity index (χ4v) is 13.7. The number of unbranched alkanes of at least 4 members (excludes halogenated alkanes) is 50. The second kappa shape index (κ2) is 65.5. The van der Waals surface area contributed by atoms with E-state index in [-0.39, 0.29) is 12.5 Å². The Morgan fingerprint density at radius 2 is 0.695 bits per heavy atom. The van der Waals surface area contributed by atoms with Crippen molar-refractivity contribution < 1.29 is 64.6 Å². The highest BCUT2D eigenvalue weighted by Gasteiger charge is 2.51. The number of aliphatic hydroxyl groups is 8. The molecule has 1 amide bonds. The van der Waals surface area contributed by atoms with Gasteiger partial charge in [0.15, 0.2) is 12.6 Å². The standard InChI is InChI=1S/C81H153NO13/c1-3-5-7-9-11-13-15-17-19-21-23-25-27-29-31-33-34-35-37-38-40-42-44-46-48-50-52-54-56-58-60-62-64-70(85)69(68-92-80-78(91)76(89)79(72(67-84)94-80)95-81-77(90)75(88)74(87)71(66-83)93-81)82-73(86)65-63-61-59-57-55-53-51-49-47-45-43-41-39-36-32-30-28-26-24-22-20-18-16-14-12-10-8-6-4-2/h16,18,22,24,28,30,69-72,74-81,83-85,87-91H,3-15,17,19-21,23,25-27,29,31-68H2,1-2H3,(H,82,86)/b18-16-,24-22-,30-28-. The average molecular weight is 1350 g/mol. The number of ether oxygens (including phenoxy) is 4. The van der Waals surface area contributed by atoms with Crippen LogP contribution < -0.4 is 5.32 Å². The molecule has 0 aromatic rings. The SMILES string of the molecule is CCCCCCC/C=C\C/C=C\C/C=C\CCCCCCCCCCCCCCCCC(=O)NC(COC1OC(CO)C(OC2OC(CO)C(O)C(O)C2O)C(O)C1O)C(O)CCCCCCCCCCCCCCCCCCCCCCCCCCCCCCCCCC. The maximum atomic E-state index is 13.4. The van der Waals surface area contributed by atoms with Crippen LogP contribution in [0.15, 0.2) is 36.5 Å². The molecule has 0 spiro atoms. The topological polar surface area (TPSA) is 228 Å². The van der Waals surface area contributed by atoms with Gasteiger partial charge in [-0.25, -0.2) is 0 Å². The molecule has 9 N–H and O–H groups in total. The van der Waals surface area contributed by atoms with Gasteiger partial charge in [0.05, 0.1) is 32.0 Å². The molecule has 0 aliphatic carbocycles. The van der Waals surface area contributed by atoms with Crippen molar-refractivity contribution in [1.29, 1.82) is 0 Å². The minimum Gasteiger partial charge on any atom is -0.394 e. The van der Waals surface area contributed by atoms with Crippen LogP contribution in [0, 0.1) is 0 Å². The molecule has 2 aliphatic heterocycles. The highest BCUT2D eigenvalue weighted by Crippen LogP contribution is 2.30. The fourth-order valence-electron chi connectivity index (χ4n) is 13.7. The Labute approximate surface area is 582 Å². The van der Waals surface area contributed by atoms with E-state index >= 15 is 0 Å². The Balaban J connectivity index is 1.60. The van der Waals surface area contributed by atoms with E-state index in [9.17, 15) is 45.6 Å². The third-order valence-corrected chi connectivity index (χ3v) is 20.1. The van der Waals surface area contributed by atoms with Gasteiger partial charge < -0.3 is 65.1 Å². The number of carbonyl (C=O) groups excluding carboxylic acids is 1. The van der Waals surface area contributed by atoms with Gasteiger partial charge in [-0.15, -0.1) is 0 Å². The Morgan fingerprint density at radius 1 is 0.379 bits per heavy atom. The maximum absolute atomic E-state index is 13.4. The molecule has 560 valence electrons. The van der Waals surface area contributed by atoms with Crippen molar-refractivity contribution in [3.05, 3.63) is 36.5 Å². The van der Waals surface area contributed by atoms with Crippen molar-refractivity contribution >= 4 is 5.91 Å². The Morgan fingerprint density at radius 3 is 1.06 bits per heavy atom. The van der Waals surface area contributed by atoms with Gasteiger partial charge in [0, 0.05) is 6.42 Å². The van der Waals surface area contributed by atoms with Crippen LogP contribution in [-0.2, 0) is 23.7 Å². The molecular weight excluding hydrogens is 1190 g/mol. The first-order valence-electron chi connectivity index (χ1n) is 40.7. The number of amides is 1. The lowest BCUT2D eigenvalue weighted by Gasteiger charge is -2.46. The minimum absolute atomic E-state index is 0.201. The zero-order valence-corrected chi connectivity index (χ0v) is 61.4. The highest BCUT2D eigenvalue weighted by molar-refractivity contribution is 5.76. The summed E-state index contributed by atoms with van der Waals surface area (Å²) in [4.78, 5) is 13.4. The van der Waals surface area contributed by atoms with E-state index in [1.807, 2.05) is 0 Å². The van der Waals surface area contributed by atoms with Crippen molar-refractivity contribution in [3.63, 3.8) is 0 Å². The van der Waals surface area contributed by atoms with E-state index in [4.69, 9.17) is 18.9 Å². The van der Waals surface area contributed by atoms with E-state index in [0.717, 1.165) is 64.2 Å². The molecule has 14 heteroatoms. The van der Waals surface area contributed by atoms with E-state index in [1.54, 1.807) is 0 Å². The second-order valence-corrected chi connectivity index (χ2v) is 28.9. The molecule has 12 atom stereocenters. The smallest absolute Gasteiger partial charge is 0.220 e. The zero-order chi connectivity index (χ0) is 68.7. The summed E-state index contributed by atoms with van der Waals surface area (Å²) in [6.45, 7) is 2.91. The first-order valence-corrected chi connectivity index (χ1v) is 40.7. The fraction of sp³-hybridized carbons (Fsp3) is 0.914. The lowest BCUT2D eigenvalue weighted by atomic mass is 9.97. The number of hydrogen-bond acceptors (Lipinski definition) is 13. The van der Waals surface area contributed by atoms with Crippen LogP contribution in [0.4, 0.5) is 0 Å². The predicted octanol–water partition coefficient (Wildman–Crippen LogP) is 18.4. The molecule has 2 aliphatic rings. The van der Waals surface area contributed by atoms with Crippen molar-refractivity contribution in [2.45, 2.75) is 453 Å². The number of hydrogen-bond donors (Lipinski definition) is 9. The Hall–Kier alpha value is -1.79. The van der Waals surface area contributed by atoms with Gasteiger partial charge in [-0.3, -0.25) is 4.79 Å². The zero-order valence-electron chi connectivity index (χ0n) is 61.4. The third-order valence-electron chi connectivity index (χ3n) is 20.1. The van der Waals surface area contributed by atoms with Crippen LogP contribution in [0.3, 0.4) is 0 Å². The molecule has 2 rings (SSSR count). The number of carbonyl (C=O) groups is 1.